The van der Waals surface area contributed by atoms with Crippen molar-refractivity contribution >= 4 is 17.3 Å². The Kier molecular flexibility index (Phi) is 4.64. The number of carbonyl (C=O) groups is 1. The van der Waals surface area contributed by atoms with Gasteiger partial charge in [-0.15, -0.1) is 0 Å². The van der Waals surface area contributed by atoms with Gasteiger partial charge in [0.2, 0.25) is 0 Å². The van der Waals surface area contributed by atoms with E-state index in [-0.39, 0.29) is 28.5 Å². The lowest BCUT2D eigenvalue weighted by molar-refractivity contribution is -0.384. The van der Waals surface area contributed by atoms with Crippen molar-refractivity contribution in [1.82, 2.24) is 0 Å². The molecule has 5 atom stereocenters. The van der Waals surface area contributed by atoms with Crippen LogP contribution in [0.5, 0.6) is 0 Å². The first-order valence-electron chi connectivity index (χ1n) is 11.8. The van der Waals surface area contributed by atoms with Crippen molar-refractivity contribution in [2.45, 2.75) is 37.6 Å². The Bertz CT molecular complexity index is 1180. The third-order valence-corrected chi connectivity index (χ3v) is 7.81. The fraction of sp³-hybridized carbons (Fsp3) is 0.370. The average molecular weight is 443 g/mol. The number of allylic oxidation sites excluding steroid dienone is 4. The molecule has 0 unspecified atom stereocenters. The number of fused-ring (bicyclic) bond motifs is 4. The number of non-ortho nitro benzene ring substituents is 1. The topological polar surface area (TPSA) is 72.7 Å². The van der Waals surface area contributed by atoms with Gasteiger partial charge in [0.05, 0.1) is 23.1 Å². The summed E-state index contributed by atoms with van der Waals surface area (Å²) in [6.45, 7) is 3.14. The normalized spacial score (nSPS) is 28.3. The van der Waals surface area contributed by atoms with Crippen LogP contribution in [0, 0.1) is 22.0 Å². The summed E-state index contributed by atoms with van der Waals surface area (Å²) in [6, 6.07) is 11.3. The van der Waals surface area contributed by atoms with E-state index >= 15 is 0 Å². The molecule has 0 radical (unpaired) electrons. The minimum Gasteiger partial charge on any atom is -0.462 e. The molecular formula is C27H26N2O4. The third kappa shape index (κ3) is 3.04. The Labute approximate surface area is 192 Å². The molecule has 4 aliphatic rings. The Morgan fingerprint density at radius 1 is 1.09 bits per heavy atom. The van der Waals surface area contributed by atoms with E-state index in [2.05, 4.69) is 29.2 Å². The van der Waals surface area contributed by atoms with Crippen LogP contribution in [0.15, 0.2) is 60.7 Å². The number of hydrogen-bond acceptors (Lipinski definition) is 5. The van der Waals surface area contributed by atoms with E-state index < -0.39 is 0 Å². The highest BCUT2D eigenvalue weighted by Crippen LogP contribution is 2.59. The fourth-order valence-electron chi connectivity index (χ4n) is 6.48. The molecule has 2 aliphatic heterocycles. The van der Waals surface area contributed by atoms with Crippen LogP contribution >= 0.6 is 0 Å². The zero-order chi connectivity index (χ0) is 22.7. The summed E-state index contributed by atoms with van der Waals surface area (Å²) in [7, 11) is 0. The minimum atomic E-state index is -0.343. The maximum atomic E-state index is 12.7. The quantitative estimate of drug-likeness (QED) is 0.264. The van der Waals surface area contributed by atoms with Crippen LogP contribution in [0.3, 0.4) is 0 Å². The Morgan fingerprint density at radius 3 is 2.52 bits per heavy atom. The van der Waals surface area contributed by atoms with Crippen molar-refractivity contribution in [3.8, 4) is 0 Å². The molecule has 2 heterocycles. The van der Waals surface area contributed by atoms with Gasteiger partial charge in [0.25, 0.3) is 5.69 Å². The van der Waals surface area contributed by atoms with Gasteiger partial charge in [-0.2, -0.15) is 0 Å². The number of nitro groups is 1. The Balaban J connectivity index is 1.52. The summed E-state index contributed by atoms with van der Waals surface area (Å²) in [6.07, 6.45) is 11.1. The van der Waals surface area contributed by atoms with Crippen molar-refractivity contribution < 1.29 is 14.5 Å². The standard InChI is InChI=1S/C27H26N2O4/c1-2-33-27(30)18-13-23-20-6-3-5-17(20)15-28-25(16-9-11-19(12-10-16)29(31)32)22-8-4-7-21(22)24(14-18)26(23)28/h3-4,6-7,9-14,17,20-22,25H,2,5,8,15H2,1H3/t17-,20-,21-,22+,25-/m0/s1. The van der Waals surface area contributed by atoms with Gasteiger partial charge in [-0.1, -0.05) is 36.4 Å². The molecule has 0 saturated heterocycles. The lowest BCUT2D eigenvalue weighted by atomic mass is 9.70. The summed E-state index contributed by atoms with van der Waals surface area (Å²) in [5.41, 5.74) is 5.55. The van der Waals surface area contributed by atoms with E-state index in [1.54, 1.807) is 12.1 Å². The second-order valence-electron chi connectivity index (χ2n) is 9.47. The maximum Gasteiger partial charge on any atom is 0.338 e. The molecule has 0 amide bonds. The molecule has 168 valence electrons. The smallest absolute Gasteiger partial charge is 0.338 e. The van der Waals surface area contributed by atoms with Crippen molar-refractivity contribution in [1.29, 1.82) is 0 Å². The van der Waals surface area contributed by atoms with E-state index in [1.165, 1.54) is 16.8 Å². The Morgan fingerprint density at radius 2 is 1.79 bits per heavy atom. The molecular weight excluding hydrogens is 416 g/mol. The summed E-state index contributed by atoms with van der Waals surface area (Å²) >= 11 is 0. The molecule has 0 fully saturated rings. The summed E-state index contributed by atoms with van der Waals surface area (Å²) in [4.78, 5) is 26.1. The van der Waals surface area contributed by atoms with Crippen LogP contribution in [0.2, 0.25) is 0 Å². The highest BCUT2D eigenvalue weighted by Gasteiger charge is 2.48. The molecule has 0 spiro atoms. The second-order valence-corrected chi connectivity index (χ2v) is 9.47. The zero-order valence-corrected chi connectivity index (χ0v) is 18.5. The number of ether oxygens (including phenoxy) is 1. The van der Waals surface area contributed by atoms with Gasteiger partial charge in [-0.05, 0) is 60.4 Å². The van der Waals surface area contributed by atoms with E-state index in [0.717, 1.165) is 24.9 Å². The summed E-state index contributed by atoms with van der Waals surface area (Å²) in [5, 5.41) is 11.2. The Hall–Kier alpha value is -3.41. The van der Waals surface area contributed by atoms with Crippen LogP contribution in [-0.4, -0.2) is 24.0 Å². The molecule has 2 aliphatic carbocycles. The number of nitro benzene ring substituents is 1. The van der Waals surface area contributed by atoms with E-state index in [1.807, 2.05) is 31.2 Å². The molecule has 0 aromatic heterocycles. The lowest BCUT2D eigenvalue weighted by Gasteiger charge is -2.51. The zero-order valence-electron chi connectivity index (χ0n) is 18.5. The molecule has 0 N–H and O–H groups in total. The second kappa shape index (κ2) is 7.58. The number of anilines is 1. The van der Waals surface area contributed by atoms with E-state index in [4.69, 9.17) is 4.74 Å². The lowest BCUT2D eigenvalue weighted by Crippen LogP contribution is -2.46. The minimum absolute atomic E-state index is 0.120. The number of carbonyl (C=O) groups excluding carboxylic acids is 1. The number of rotatable bonds is 4. The predicted octanol–water partition coefficient (Wildman–Crippen LogP) is 5.67. The van der Waals surface area contributed by atoms with Crippen LogP contribution in [-0.2, 0) is 4.74 Å². The van der Waals surface area contributed by atoms with E-state index in [0.29, 0.717) is 29.9 Å². The molecule has 0 bridgehead atoms. The SMILES string of the molecule is CCOC(=O)c1cc2c3c(c1)[C@H]1C=CC[C@H]1[C@H](c1ccc([N+](=O)[O-])cc1)N3C[C@@H]1CC=C[C@H]21. The molecule has 33 heavy (non-hydrogen) atoms. The first-order chi connectivity index (χ1) is 16.1. The van der Waals surface area contributed by atoms with Gasteiger partial charge in [0.15, 0.2) is 0 Å². The number of hydrogen-bond donors (Lipinski definition) is 0. The predicted molar refractivity (Wildman–Crippen MR) is 126 cm³/mol. The van der Waals surface area contributed by atoms with E-state index in [9.17, 15) is 14.9 Å². The van der Waals surface area contributed by atoms with Crippen LogP contribution in [0.25, 0.3) is 0 Å². The van der Waals surface area contributed by atoms with Crippen molar-refractivity contribution in [3.05, 3.63) is 93.1 Å². The highest BCUT2D eigenvalue weighted by atomic mass is 16.6. The fourth-order valence-corrected chi connectivity index (χ4v) is 6.48. The van der Waals surface area contributed by atoms with Crippen molar-refractivity contribution in [2.75, 3.05) is 18.1 Å². The first kappa shape index (κ1) is 20.2. The van der Waals surface area contributed by atoms with Crippen LogP contribution in [0.4, 0.5) is 11.4 Å². The van der Waals surface area contributed by atoms with Crippen molar-refractivity contribution in [3.63, 3.8) is 0 Å². The van der Waals surface area contributed by atoms with Crippen LogP contribution in [0.1, 0.15) is 64.7 Å². The summed E-state index contributed by atoms with van der Waals surface area (Å²) < 4.78 is 5.36. The molecule has 2 aromatic carbocycles. The average Bonchev–Trinajstić information content (AvgIpc) is 3.49. The number of esters is 1. The number of nitrogens with zero attached hydrogens (tertiary/aromatic N) is 2. The van der Waals surface area contributed by atoms with Gasteiger partial charge in [-0.3, -0.25) is 10.1 Å². The van der Waals surface area contributed by atoms with Crippen LogP contribution < -0.4 is 4.90 Å². The number of benzene rings is 2. The van der Waals surface area contributed by atoms with Gasteiger partial charge in [0.1, 0.15) is 0 Å². The monoisotopic (exact) mass is 442 g/mol. The molecule has 0 saturated carbocycles. The molecule has 6 nitrogen and oxygen atoms in total. The molecule has 2 aromatic rings. The van der Waals surface area contributed by atoms with Gasteiger partial charge < -0.3 is 9.64 Å². The largest absolute Gasteiger partial charge is 0.462 e. The maximum absolute atomic E-state index is 12.7. The molecule has 6 rings (SSSR count). The van der Waals surface area contributed by atoms with Gasteiger partial charge in [-0.25, -0.2) is 4.79 Å². The summed E-state index contributed by atoms with van der Waals surface area (Å²) in [5.74, 6) is 1.06. The van der Waals surface area contributed by atoms with Gasteiger partial charge in [0, 0.05) is 36.2 Å². The third-order valence-electron chi connectivity index (χ3n) is 7.81. The first-order valence-corrected chi connectivity index (χ1v) is 11.8. The van der Waals surface area contributed by atoms with Gasteiger partial charge >= 0.3 is 5.97 Å². The van der Waals surface area contributed by atoms with Crippen molar-refractivity contribution in [2.24, 2.45) is 11.8 Å². The molecule has 6 heteroatoms. The highest BCUT2D eigenvalue weighted by molar-refractivity contribution is 5.92.